The monoisotopic (exact) mass is 205 g/mol. The summed E-state index contributed by atoms with van der Waals surface area (Å²) in [6.07, 6.45) is 1.43. The molecule has 0 spiro atoms. The average Bonchev–Trinajstić information content (AvgIpc) is 2.28. The summed E-state index contributed by atoms with van der Waals surface area (Å²) in [6, 6.07) is 7.00. The fraction of sp³-hybridized carbons (Fsp3) is 0.182. The number of hydrogen-bond acceptors (Lipinski definition) is 3. The Hall–Kier alpha value is -1.97. The Morgan fingerprint density at radius 3 is 2.40 bits per heavy atom. The maximum atomic E-state index is 11.6. The van der Waals surface area contributed by atoms with Gasteiger partial charge in [0.1, 0.15) is 5.75 Å². The molecule has 0 atom stereocenters. The van der Waals surface area contributed by atoms with E-state index in [4.69, 9.17) is 9.47 Å². The van der Waals surface area contributed by atoms with Crippen molar-refractivity contribution in [2.24, 2.45) is 0 Å². The molecule has 0 radical (unpaired) electrons. The van der Waals surface area contributed by atoms with Crippen molar-refractivity contribution in [3.8, 4) is 11.5 Å². The summed E-state index contributed by atoms with van der Waals surface area (Å²) >= 11 is 0. The van der Waals surface area contributed by atoms with Crippen LogP contribution in [0.15, 0.2) is 30.5 Å². The molecule has 15 heavy (non-hydrogen) atoms. The topological polar surface area (TPSA) is 45.4 Å². The molecule has 0 saturated carbocycles. The van der Waals surface area contributed by atoms with Crippen molar-refractivity contribution in [1.29, 1.82) is 0 Å². The highest BCUT2D eigenvalue weighted by atomic mass is 16.5. The third kappa shape index (κ3) is 1.44. The van der Waals surface area contributed by atoms with Gasteiger partial charge in [-0.2, -0.15) is 4.73 Å². The van der Waals surface area contributed by atoms with Crippen LogP contribution in [0.2, 0.25) is 0 Å². The van der Waals surface area contributed by atoms with E-state index in [-0.39, 0.29) is 0 Å². The molecular weight excluding hydrogens is 194 g/mol. The maximum absolute atomic E-state index is 11.6. The summed E-state index contributed by atoms with van der Waals surface area (Å²) in [6.45, 7) is 0. The van der Waals surface area contributed by atoms with Gasteiger partial charge in [-0.1, -0.05) is 0 Å². The van der Waals surface area contributed by atoms with E-state index < -0.39 is 0 Å². The van der Waals surface area contributed by atoms with E-state index in [1.807, 2.05) is 6.07 Å². The van der Waals surface area contributed by atoms with Crippen LogP contribution in [0, 0.1) is 5.21 Å². The van der Waals surface area contributed by atoms with Gasteiger partial charge in [0.2, 0.25) is 0 Å². The molecule has 0 fully saturated rings. The lowest BCUT2D eigenvalue weighted by molar-refractivity contribution is -0.577. The van der Waals surface area contributed by atoms with Crippen LogP contribution in [0.1, 0.15) is 0 Å². The summed E-state index contributed by atoms with van der Waals surface area (Å²) < 4.78 is 11.1. The number of benzene rings is 1. The Morgan fingerprint density at radius 1 is 1.07 bits per heavy atom. The molecule has 4 nitrogen and oxygen atoms in total. The Balaban J connectivity index is 2.86. The summed E-state index contributed by atoms with van der Waals surface area (Å²) in [4.78, 5) is 0. The second-order valence-electron chi connectivity index (χ2n) is 3.07. The molecule has 0 aliphatic carbocycles. The molecule has 2 aromatic rings. The first-order valence-electron chi connectivity index (χ1n) is 4.51. The molecule has 0 saturated heterocycles. The summed E-state index contributed by atoms with van der Waals surface area (Å²) in [5.74, 6) is 1.21. The number of fused-ring (bicyclic) bond motifs is 1. The van der Waals surface area contributed by atoms with Gasteiger partial charge in [0, 0.05) is 6.07 Å². The highest BCUT2D eigenvalue weighted by molar-refractivity contribution is 5.87. The molecule has 0 amide bonds. The second kappa shape index (κ2) is 3.65. The smallest absolute Gasteiger partial charge is 0.269 e. The predicted octanol–water partition coefficient (Wildman–Crippen LogP) is 1.49. The molecule has 4 heteroatoms. The number of rotatable bonds is 2. The molecule has 1 aromatic heterocycles. The molecule has 0 unspecified atom stereocenters. The summed E-state index contributed by atoms with van der Waals surface area (Å²) in [5.41, 5.74) is 0.486. The first-order chi connectivity index (χ1) is 7.27. The number of pyridine rings is 1. The Bertz CT molecular complexity index is 496. The molecular formula is C11H11NO3. The lowest BCUT2D eigenvalue weighted by atomic mass is 10.2. The van der Waals surface area contributed by atoms with Crippen molar-refractivity contribution in [3.63, 3.8) is 0 Å². The molecule has 0 N–H and O–H groups in total. The Labute approximate surface area is 87.2 Å². The van der Waals surface area contributed by atoms with Crippen LogP contribution < -0.4 is 14.2 Å². The fourth-order valence-electron chi connectivity index (χ4n) is 1.59. The number of ether oxygens (including phenoxy) is 2. The van der Waals surface area contributed by atoms with Gasteiger partial charge in [-0.25, -0.2) is 0 Å². The van der Waals surface area contributed by atoms with Gasteiger partial charge in [0.05, 0.1) is 19.6 Å². The van der Waals surface area contributed by atoms with E-state index in [2.05, 4.69) is 0 Å². The lowest BCUT2D eigenvalue weighted by Gasteiger charge is -2.08. The van der Waals surface area contributed by atoms with Crippen LogP contribution in [0.4, 0.5) is 0 Å². The quantitative estimate of drug-likeness (QED) is 0.551. The minimum absolute atomic E-state index is 0.486. The van der Waals surface area contributed by atoms with Crippen LogP contribution in [0.25, 0.3) is 10.9 Å². The van der Waals surface area contributed by atoms with Gasteiger partial charge in [0.25, 0.3) is 5.52 Å². The SMILES string of the molecule is COc1ccc(OC)c2c1ccc[n+]2[O-]. The van der Waals surface area contributed by atoms with Crippen LogP contribution in [-0.4, -0.2) is 14.2 Å². The summed E-state index contributed by atoms with van der Waals surface area (Å²) in [7, 11) is 3.11. The van der Waals surface area contributed by atoms with Crippen LogP contribution in [-0.2, 0) is 0 Å². The van der Waals surface area contributed by atoms with Gasteiger partial charge in [-0.05, 0) is 18.2 Å². The standard InChI is InChI=1S/C11H11NO3/c1-14-9-5-6-10(15-2)11-8(9)4-3-7-12(11)13/h3-7H,1-2H3. The van der Waals surface area contributed by atoms with Crippen molar-refractivity contribution in [1.82, 2.24) is 0 Å². The number of methoxy groups -OCH3 is 2. The largest absolute Gasteiger partial charge is 0.618 e. The van der Waals surface area contributed by atoms with Crippen LogP contribution >= 0.6 is 0 Å². The first kappa shape index (κ1) is 9.58. The first-order valence-corrected chi connectivity index (χ1v) is 4.51. The zero-order chi connectivity index (χ0) is 10.8. The summed E-state index contributed by atoms with van der Waals surface area (Å²) in [5, 5.41) is 12.4. The minimum atomic E-state index is 0.486. The van der Waals surface area contributed by atoms with Gasteiger partial charge < -0.3 is 14.7 Å². The number of nitrogens with zero attached hydrogens (tertiary/aromatic N) is 1. The van der Waals surface area contributed by atoms with E-state index in [9.17, 15) is 5.21 Å². The van der Waals surface area contributed by atoms with E-state index in [0.717, 1.165) is 10.1 Å². The number of hydrogen-bond donors (Lipinski definition) is 0. The molecule has 0 aliphatic heterocycles. The molecule has 78 valence electrons. The average molecular weight is 205 g/mol. The van der Waals surface area contributed by atoms with E-state index >= 15 is 0 Å². The van der Waals surface area contributed by atoms with E-state index in [1.165, 1.54) is 13.3 Å². The van der Waals surface area contributed by atoms with Crippen LogP contribution in [0.3, 0.4) is 0 Å². The maximum Gasteiger partial charge on any atom is 0.269 e. The zero-order valence-electron chi connectivity index (χ0n) is 8.56. The lowest BCUT2D eigenvalue weighted by Crippen LogP contribution is -2.26. The Morgan fingerprint density at radius 2 is 1.73 bits per heavy atom. The van der Waals surface area contributed by atoms with Gasteiger partial charge in [0.15, 0.2) is 11.9 Å². The van der Waals surface area contributed by atoms with Crippen molar-refractivity contribution >= 4 is 10.9 Å². The van der Waals surface area contributed by atoms with Crippen molar-refractivity contribution in [3.05, 3.63) is 35.7 Å². The predicted molar refractivity (Wildman–Crippen MR) is 56.0 cm³/mol. The molecule has 1 aromatic carbocycles. The van der Waals surface area contributed by atoms with E-state index in [1.54, 1.807) is 25.3 Å². The molecule has 2 rings (SSSR count). The highest BCUT2D eigenvalue weighted by Crippen LogP contribution is 2.29. The highest BCUT2D eigenvalue weighted by Gasteiger charge is 2.14. The third-order valence-electron chi connectivity index (χ3n) is 2.28. The van der Waals surface area contributed by atoms with Gasteiger partial charge in [-0.3, -0.25) is 0 Å². The third-order valence-corrected chi connectivity index (χ3v) is 2.28. The second-order valence-corrected chi connectivity index (χ2v) is 3.07. The molecule has 0 aliphatic rings. The van der Waals surface area contributed by atoms with Crippen LogP contribution in [0.5, 0.6) is 11.5 Å². The minimum Gasteiger partial charge on any atom is -0.618 e. The zero-order valence-corrected chi connectivity index (χ0v) is 8.56. The fourth-order valence-corrected chi connectivity index (χ4v) is 1.59. The van der Waals surface area contributed by atoms with E-state index in [0.29, 0.717) is 17.0 Å². The normalized spacial score (nSPS) is 10.3. The van der Waals surface area contributed by atoms with Crippen molar-refractivity contribution in [2.75, 3.05) is 14.2 Å². The van der Waals surface area contributed by atoms with Crippen molar-refractivity contribution in [2.45, 2.75) is 0 Å². The van der Waals surface area contributed by atoms with Gasteiger partial charge >= 0.3 is 0 Å². The number of aromatic nitrogens is 1. The Kier molecular flexibility index (Phi) is 2.33. The van der Waals surface area contributed by atoms with Crippen molar-refractivity contribution < 1.29 is 14.2 Å². The molecule has 0 bridgehead atoms. The van der Waals surface area contributed by atoms with Gasteiger partial charge in [-0.15, -0.1) is 0 Å². The molecule has 1 heterocycles.